The molecular weight excluding hydrogens is 576 g/mol. The summed E-state index contributed by atoms with van der Waals surface area (Å²) in [6.07, 6.45) is 7.16. The number of aryl methyl sites for hydroxylation is 1. The van der Waals surface area contributed by atoms with Gasteiger partial charge in [-0.15, -0.1) is 0 Å². The molecule has 0 saturated carbocycles. The lowest BCUT2D eigenvalue weighted by Crippen LogP contribution is -2.50. The van der Waals surface area contributed by atoms with Crippen LogP contribution in [0.4, 0.5) is 10.2 Å². The third kappa shape index (κ3) is 6.83. The summed E-state index contributed by atoms with van der Waals surface area (Å²) < 4.78 is 16.7. The third-order valence-corrected chi connectivity index (χ3v) is 8.04. The number of amides is 1. The molecule has 1 amide bonds. The second-order valence-electron chi connectivity index (χ2n) is 9.42. The molecule has 40 heavy (non-hydrogen) atoms. The lowest BCUT2D eigenvalue weighted by atomic mass is 10.1. The zero-order chi connectivity index (χ0) is 28.2. The van der Waals surface area contributed by atoms with Crippen molar-refractivity contribution in [3.8, 4) is 0 Å². The van der Waals surface area contributed by atoms with E-state index in [1.54, 1.807) is 50.9 Å². The number of anilines is 1. The van der Waals surface area contributed by atoms with Gasteiger partial charge in [0.05, 0.1) is 16.2 Å². The number of benzene rings is 1. The molecule has 0 N–H and O–H groups in total. The number of halogens is 3. The average Bonchev–Trinajstić information content (AvgIpc) is 3.35. The second-order valence-corrected chi connectivity index (χ2v) is 11.2. The molecule has 1 saturated heterocycles. The van der Waals surface area contributed by atoms with Gasteiger partial charge in [-0.25, -0.2) is 9.37 Å². The summed E-state index contributed by atoms with van der Waals surface area (Å²) in [7, 11) is 1.81. The van der Waals surface area contributed by atoms with Crippen molar-refractivity contribution in [1.82, 2.24) is 29.2 Å². The van der Waals surface area contributed by atoms with E-state index in [2.05, 4.69) is 15.1 Å². The summed E-state index contributed by atoms with van der Waals surface area (Å²) in [5.74, 6) is 0.706. The molecule has 1 fully saturated rings. The van der Waals surface area contributed by atoms with Gasteiger partial charge in [0.15, 0.2) is 5.16 Å². The minimum atomic E-state index is -0.352. The summed E-state index contributed by atoms with van der Waals surface area (Å²) in [4.78, 5) is 38.8. The maximum atomic E-state index is 13.4. The maximum Gasteiger partial charge on any atom is 0.277 e. The van der Waals surface area contributed by atoms with E-state index in [0.29, 0.717) is 64.9 Å². The lowest BCUT2D eigenvalue weighted by molar-refractivity contribution is -0.132. The Kier molecular flexibility index (Phi) is 8.72. The monoisotopic (exact) mass is 601 g/mol. The number of aromatic nitrogens is 5. The molecule has 0 unspecified atom stereocenters. The van der Waals surface area contributed by atoms with E-state index in [4.69, 9.17) is 23.2 Å². The van der Waals surface area contributed by atoms with Crippen molar-refractivity contribution < 1.29 is 9.18 Å². The van der Waals surface area contributed by atoms with Crippen LogP contribution in [0, 0.1) is 5.82 Å². The minimum absolute atomic E-state index is 0.0268. The van der Waals surface area contributed by atoms with E-state index in [9.17, 15) is 14.0 Å². The predicted octanol–water partition coefficient (Wildman–Crippen LogP) is 4.05. The Labute approximate surface area is 244 Å². The molecule has 0 bridgehead atoms. The molecular formula is C27H26Cl2FN7O2S. The second kappa shape index (κ2) is 12.4. The molecule has 0 spiro atoms. The van der Waals surface area contributed by atoms with Gasteiger partial charge in [-0.1, -0.05) is 47.1 Å². The minimum Gasteiger partial charge on any atom is -0.352 e. The van der Waals surface area contributed by atoms with Crippen molar-refractivity contribution in [3.05, 3.63) is 98.0 Å². The molecule has 5 rings (SSSR count). The van der Waals surface area contributed by atoms with E-state index >= 15 is 0 Å². The van der Waals surface area contributed by atoms with Crippen LogP contribution in [-0.2, 0) is 30.6 Å². The van der Waals surface area contributed by atoms with E-state index in [1.165, 1.54) is 23.9 Å². The van der Waals surface area contributed by atoms with Crippen LogP contribution in [0.25, 0.3) is 0 Å². The number of carbonyl (C=O) groups excluding carboxylic acids is 1. The summed E-state index contributed by atoms with van der Waals surface area (Å²) in [6, 6.07) is 7.81. The third-order valence-electron chi connectivity index (χ3n) is 6.49. The van der Waals surface area contributed by atoms with Gasteiger partial charge in [0.1, 0.15) is 18.2 Å². The Balaban J connectivity index is 1.32. The number of rotatable bonds is 8. The SMILES string of the molecule is Cn1cc(Cc2cn(CC(=O)N3CCN(c4ncc(Cl)cc4Cl)CC3)c(SCc3ccc(F)cc3)nc2=O)cn1. The topological polar surface area (TPSA) is 89.2 Å². The fraction of sp³-hybridized carbons (Fsp3) is 0.296. The van der Waals surface area contributed by atoms with Crippen LogP contribution < -0.4 is 10.5 Å². The highest BCUT2D eigenvalue weighted by molar-refractivity contribution is 7.98. The highest BCUT2D eigenvalue weighted by atomic mass is 35.5. The zero-order valence-electron chi connectivity index (χ0n) is 21.6. The number of carbonyl (C=O) groups is 1. The van der Waals surface area contributed by atoms with Crippen molar-refractivity contribution in [1.29, 1.82) is 0 Å². The molecule has 13 heteroatoms. The molecule has 4 aromatic rings. The molecule has 0 radical (unpaired) electrons. The summed E-state index contributed by atoms with van der Waals surface area (Å²) >= 11 is 13.6. The normalized spacial score (nSPS) is 13.6. The lowest BCUT2D eigenvalue weighted by Gasteiger charge is -2.36. The van der Waals surface area contributed by atoms with Crippen LogP contribution in [0.2, 0.25) is 10.0 Å². The molecule has 3 aromatic heterocycles. The van der Waals surface area contributed by atoms with Crippen LogP contribution in [0.3, 0.4) is 0 Å². The fourth-order valence-electron chi connectivity index (χ4n) is 4.44. The van der Waals surface area contributed by atoms with Crippen LogP contribution in [0.5, 0.6) is 0 Å². The Bertz CT molecular complexity index is 1570. The van der Waals surface area contributed by atoms with E-state index in [0.717, 1.165) is 11.1 Å². The number of hydrogen-bond acceptors (Lipinski definition) is 7. The van der Waals surface area contributed by atoms with Gasteiger partial charge in [-0.05, 0) is 29.3 Å². The van der Waals surface area contributed by atoms with Crippen molar-refractivity contribution >= 4 is 46.7 Å². The van der Waals surface area contributed by atoms with Crippen LogP contribution in [0.15, 0.2) is 65.1 Å². The van der Waals surface area contributed by atoms with Gasteiger partial charge < -0.3 is 14.4 Å². The van der Waals surface area contributed by atoms with Gasteiger partial charge >= 0.3 is 0 Å². The number of thioether (sulfide) groups is 1. The van der Waals surface area contributed by atoms with Gasteiger partial charge in [-0.3, -0.25) is 14.3 Å². The van der Waals surface area contributed by atoms with Crippen LogP contribution in [-0.4, -0.2) is 61.3 Å². The van der Waals surface area contributed by atoms with Gasteiger partial charge in [-0.2, -0.15) is 10.1 Å². The highest BCUT2D eigenvalue weighted by Crippen LogP contribution is 2.27. The largest absolute Gasteiger partial charge is 0.352 e. The Morgan fingerprint density at radius 1 is 1.05 bits per heavy atom. The van der Waals surface area contributed by atoms with E-state index < -0.39 is 0 Å². The summed E-state index contributed by atoms with van der Waals surface area (Å²) in [5, 5.41) is 5.53. The first kappa shape index (κ1) is 28.1. The van der Waals surface area contributed by atoms with Crippen molar-refractivity contribution in [2.75, 3.05) is 31.1 Å². The van der Waals surface area contributed by atoms with Crippen LogP contribution >= 0.6 is 35.0 Å². The van der Waals surface area contributed by atoms with Gasteiger partial charge in [0.2, 0.25) is 5.91 Å². The maximum absolute atomic E-state index is 13.4. The first-order chi connectivity index (χ1) is 19.2. The summed E-state index contributed by atoms with van der Waals surface area (Å²) in [6.45, 7) is 2.16. The first-order valence-electron chi connectivity index (χ1n) is 12.5. The Hall–Kier alpha value is -3.41. The zero-order valence-corrected chi connectivity index (χ0v) is 24.0. The number of pyridine rings is 1. The van der Waals surface area contributed by atoms with Crippen molar-refractivity contribution in [2.24, 2.45) is 7.05 Å². The van der Waals surface area contributed by atoms with Crippen LogP contribution in [0.1, 0.15) is 16.7 Å². The number of hydrogen-bond donors (Lipinski definition) is 0. The Morgan fingerprint density at radius 2 is 1.80 bits per heavy atom. The molecule has 1 aliphatic rings. The van der Waals surface area contributed by atoms with E-state index in [-0.39, 0.29) is 23.8 Å². The van der Waals surface area contributed by atoms with Gasteiger partial charge in [0.25, 0.3) is 5.56 Å². The Morgan fingerprint density at radius 3 is 2.48 bits per heavy atom. The van der Waals surface area contributed by atoms with Gasteiger partial charge in [0, 0.05) is 69.6 Å². The molecule has 0 atom stereocenters. The fourth-order valence-corrected chi connectivity index (χ4v) is 5.85. The molecule has 1 aliphatic heterocycles. The molecule has 4 heterocycles. The van der Waals surface area contributed by atoms with Crippen molar-refractivity contribution in [3.63, 3.8) is 0 Å². The smallest absolute Gasteiger partial charge is 0.277 e. The van der Waals surface area contributed by atoms with E-state index in [1.807, 2.05) is 18.1 Å². The predicted molar refractivity (Wildman–Crippen MR) is 154 cm³/mol. The molecule has 0 aliphatic carbocycles. The quantitative estimate of drug-likeness (QED) is 0.222. The molecule has 9 nitrogen and oxygen atoms in total. The number of nitrogens with zero attached hydrogens (tertiary/aromatic N) is 7. The standard InChI is InChI=1S/C27H26Cl2FN7O2S/c1-34-14-19(12-32-34)10-20-15-37(27(33-26(20)39)40-17-18-2-4-22(30)5-3-18)16-24(38)35-6-8-36(9-7-35)25-23(29)11-21(28)13-31-25/h2-5,11-15H,6-10,16-17H2,1H3. The summed E-state index contributed by atoms with van der Waals surface area (Å²) in [5.41, 5.74) is 1.87. The van der Waals surface area contributed by atoms with Crippen molar-refractivity contribution in [2.45, 2.75) is 23.9 Å². The number of piperazine rings is 1. The molecule has 208 valence electrons. The first-order valence-corrected chi connectivity index (χ1v) is 14.3. The highest BCUT2D eigenvalue weighted by Gasteiger charge is 2.24. The molecule has 1 aromatic carbocycles. The average molecular weight is 603 g/mol.